The predicted octanol–water partition coefficient (Wildman–Crippen LogP) is 19.6. The number of carbonyl (C=O) groups is 2. The number of rotatable bonds is 56. The number of hydrogen-bond donors (Lipinski definition) is 0. The highest BCUT2D eigenvalue weighted by Gasteiger charge is 2.22. The van der Waals surface area contributed by atoms with E-state index in [0.29, 0.717) is 17.4 Å². The van der Waals surface area contributed by atoms with Gasteiger partial charge in [-0.2, -0.15) is 0 Å². The lowest BCUT2D eigenvalue weighted by Gasteiger charge is -2.28. The molecule has 0 radical (unpaired) electrons. The molecule has 0 rings (SSSR count). The number of phosphoric ester groups is 1. The molecule has 0 spiro atoms. The van der Waals surface area contributed by atoms with E-state index in [1.807, 2.05) is 21.1 Å². The average Bonchev–Trinajstić information content (AvgIpc) is 3.42. The smallest absolute Gasteiger partial charge is 0.306 e. The molecule has 10 heteroatoms. The predicted molar refractivity (Wildman–Crippen MR) is 341 cm³/mol. The molecule has 0 aliphatic rings. The van der Waals surface area contributed by atoms with Crippen molar-refractivity contribution in [2.75, 3.05) is 47.5 Å². The lowest BCUT2D eigenvalue weighted by molar-refractivity contribution is -0.870. The molecule has 0 aliphatic heterocycles. The van der Waals surface area contributed by atoms with Crippen LogP contribution in [0.15, 0.2) is 146 Å². The summed E-state index contributed by atoms with van der Waals surface area (Å²) in [5, 5.41) is 0. The Hall–Kier alpha value is -4.11. The molecule has 0 aromatic carbocycles. The molecule has 80 heavy (non-hydrogen) atoms. The minimum absolute atomic E-state index is 0.0452. The Labute approximate surface area is 491 Å². The van der Waals surface area contributed by atoms with Gasteiger partial charge in [0.1, 0.15) is 19.8 Å². The summed E-state index contributed by atoms with van der Waals surface area (Å²) in [5.41, 5.74) is 0. The van der Waals surface area contributed by atoms with Crippen LogP contribution in [0.2, 0.25) is 0 Å². The van der Waals surface area contributed by atoms with Gasteiger partial charge in [-0.1, -0.05) is 250 Å². The minimum Gasteiger partial charge on any atom is -0.756 e. The number of hydrogen-bond acceptors (Lipinski definition) is 8. The van der Waals surface area contributed by atoms with Gasteiger partial charge in [0.2, 0.25) is 0 Å². The Morgan fingerprint density at radius 3 is 1.01 bits per heavy atom. The van der Waals surface area contributed by atoms with Crippen LogP contribution in [0.5, 0.6) is 0 Å². The maximum Gasteiger partial charge on any atom is 0.306 e. The van der Waals surface area contributed by atoms with E-state index in [1.165, 1.54) is 77.0 Å². The summed E-state index contributed by atoms with van der Waals surface area (Å²) in [6.45, 7) is 3.96. The Kier molecular flexibility index (Phi) is 56.5. The number of unbranched alkanes of at least 4 members (excludes halogenated alkanes) is 18. The van der Waals surface area contributed by atoms with Crippen LogP contribution in [0, 0.1) is 0 Å². The van der Waals surface area contributed by atoms with Gasteiger partial charge in [0.25, 0.3) is 7.82 Å². The van der Waals surface area contributed by atoms with Crippen molar-refractivity contribution in [1.29, 1.82) is 0 Å². The van der Waals surface area contributed by atoms with E-state index in [1.54, 1.807) is 0 Å². The van der Waals surface area contributed by atoms with Gasteiger partial charge in [0.05, 0.1) is 27.7 Å². The van der Waals surface area contributed by atoms with E-state index < -0.39 is 32.5 Å². The van der Waals surface area contributed by atoms with Gasteiger partial charge >= 0.3 is 11.9 Å². The van der Waals surface area contributed by atoms with Crippen molar-refractivity contribution in [3.63, 3.8) is 0 Å². The summed E-state index contributed by atoms with van der Waals surface area (Å²) >= 11 is 0. The molecule has 454 valence electrons. The third-order valence-corrected chi connectivity index (χ3v) is 13.8. The molecule has 0 aromatic rings. The number of nitrogens with zero attached hydrogens (tertiary/aromatic N) is 1. The van der Waals surface area contributed by atoms with Crippen molar-refractivity contribution < 1.29 is 42.1 Å². The fourth-order valence-electron chi connectivity index (χ4n) is 8.07. The maximum absolute atomic E-state index is 12.8. The van der Waals surface area contributed by atoms with Crippen LogP contribution in [-0.4, -0.2) is 70.0 Å². The van der Waals surface area contributed by atoms with Crippen molar-refractivity contribution in [3.8, 4) is 0 Å². The van der Waals surface area contributed by atoms with Crippen LogP contribution in [0.25, 0.3) is 0 Å². The van der Waals surface area contributed by atoms with Gasteiger partial charge in [-0.05, 0) is 116 Å². The number of ether oxygens (including phenoxy) is 2. The molecule has 0 heterocycles. The summed E-state index contributed by atoms with van der Waals surface area (Å²) in [7, 11) is 1.12. The average molecular weight is 1130 g/mol. The van der Waals surface area contributed by atoms with Crippen LogP contribution in [0.3, 0.4) is 0 Å². The molecule has 0 aliphatic carbocycles. The Morgan fingerprint density at radius 1 is 0.388 bits per heavy atom. The molecule has 9 nitrogen and oxygen atoms in total. The van der Waals surface area contributed by atoms with Crippen molar-refractivity contribution in [1.82, 2.24) is 0 Å². The van der Waals surface area contributed by atoms with E-state index in [0.717, 1.165) is 122 Å². The van der Waals surface area contributed by atoms with Gasteiger partial charge in [-0.25, -0.2) is 0 Å². The summed E-state index contributed by atoms with van der Waals surface area (Å²) in [6, 6.07) is 0. The second-order valence-corrected chi connectivity index (χ2v) is 23.1. The largest absolute Gasteiger partial charge is 0.756 e. The van der Waals surface area contributed by atoms with Gasteiger partial charge in [0.15, 0.2) is 6.10 Å². The first-order valence-electron chi connectivity index (χ1n) is 31.5. The van der Waals surface area contributed by atoms with Crippen LogP contribution in [0.4, 0.5) is 0 Å². The van der Waals surface area contributed by atoms with Crippen molar-refractivity contribution in [2.24, 2.45) is 0 Å². The van der Waals surface area contributed by atoms with Crippen molar-refractivity contribution in [3.05, 3.63) is 146 Å². The molecule has 0 saturated carbocycles. The van der Waals surface area contributed by atoms with Gasteiger partial charge in [-0.3, -0.25) is 14.2 Å². The molecular weight excluding hydrogens is 1010 g/mol. The van der Waals surface area contributed by atoms with Gasteiger partial charge in [-0.15, -0.1) is 0 Å². The third-order valence-electron chi connectivity index (χ3n) is 12.9. The zero-order chi connectivity index (χ0) is 58.4. The molecule has 0 fully saturated rings. The lowest BCUT2D eigenvalue weighted by atomic mass is 10.0. The summed E-state index contributed by atoms with van der Waals surface area (Å²) in [4.78, 5) is 38.0. The van der Waals surface area contributed by atoms with Crippen molar-refractivity contribution >= 4 is 19.8 Å². The SMILES string of the molecule is CC/C=C\C/C=C\C/C=C\C/C=C\C/C=C\C/C=C\C/C=C\CCCCCC(=O)OC(COC(=O)CCCCCCCCCCCCCCCCC/C=C\C/C=C\C/C=C\C/C=C\C/C=C\CC)COP(=O)([O-])OCC[N+](C)(C)C. The number of likely N-dealkylation sites (N-methyl/N-ethyl adjacent to an activating group) is 1. The number of phosphoric acid groups is 1. The van der Waals surface area contributed by atoms with E-state index >= 15 is 0 Å². The highest BCUT2D eigenvalue weighted by atomic mass is 31.2. The first-order valence-corrected chi connectivity index (χ1v) is 33.0. The molecular formula is C70H116NO8P. The molecule has 0 amide bonds. The molecule has 0 N–H and O–H groups in total. The highest BCUT2D eigenvalue weighted by Crippen LogP contribution is 2.38. The van der Waals surface area contributed by atoms with Crippen LogP contribution < -0.4 is 4.89 Å². The molecule has 2 unspecified atom stereocenters. The maximum atomic E-state index is 12.8. The normalized spacial score (nSPS) is 14.2. The number of allylic oxidation sites excluding steroid dienone is 24. The first kappa shape index (κ1) is 75.9. The standard InChI is InChI=1S/C70H116NO8P/c1-6-8-10-12-14-16-18-20-22-24-26-28-30-32-33-34-35-36-37-39-40-42-44-46-48-50-52-54-56-58-60-62-69(72)76-66-68(67-78-80(74,75)77-65-64-71(3,4)5)79-70(73)63-61-59-57-55-53-51-49-47-45-43-41-38-31-29-27-25-23-21-19-17-15-13-11-9-7-2/h8-11,14-17,20-23,26-29,32-33,38,41,45,47,51,53,68H,6-7,12-13,18-19,24-25,30-31,34-37,39-40,42-44,46,48-50,52,54-67H2,1-5H3/b10-8-,11-9-,16-14-,17-15-,22-20-,23-21-,28-26-,29-27-,33-32-,41-38-,47-45-,53-51-. The molecule has 0 bridgehead atoms. The monoisotopic (exact) mass is 1130 g/mol. The van der Waals surface area contributed by atoms with E-state index in [-0.39, 0.29) is 26.1 Å². The Balaban J connectivity index is 4.19. The molecule has 2 atom stereocenters. The zero-order valence-electron chi connectivity index (χ0n) is 51.5. The fraction of sp³-hybridized carbons (Fsp3) is 0.629. The molecule has 0 aromatic heterocycles. The molecule has 0 saturated heterocycles. The summed E-state index contributed by atoms with van der Waals surface area (Å²) < 4.78 is 34.2. The first-order chi connectivity index (χ1) is 39.0. The second-order valence-electron chi connectivity index (χ2n) is 21.7. The number of quaternary nitrogens is 1. The van der Waals surface area contributed by atoms with Gasteiger partial charge in [0, 0.05) is 12.8 Å². The van der Waals surface area contributed by atoms with Crippen LogP contribution in [0.1, 0.15) is 232 Å². The van der Waals surface area contributed by atoms with Crippen LogP contribution >= 0.6 is 7.82 Å². The van der Waals surface area contributed by atoms with Crippen molar-refractivity contribution in [2.45, 2.75) is 238 Å². The Bertz CT molecular complexity index is 1860. The lowest BCUT2D eigenvalue weighted by Crippen LogP contribution is -2.37. The van der Waals surface area contributed by atoms with Crippen LogP contribution in [-0.2, 0) is 32.7 Å². The third kappa shape index (κ3) is 63.1. The minimum atomic E-state index is -4.66. The van der Waals surface area contributed by atoms with E-state index in [9.17, 15) is 19.0 Å². The topological polar surface area (TPSA) is 111 Å². The Morgan fingerprint density at radius 2 is 0.675 bits per heavy atom. The summed E-state index contributed by atoms with van der Waals surface area (Å²) in [6.07, 6.45) is 87.6. The zero-order valence-corrected chi connectivity index (χ0v) is 52.4. The number of carbonyl (C=O) groups excluding carboxylic acids is 2. The highest BCUT2D eigenvalue weighted by molar-refractivity contribution is 7.45. The van der Waals surface area contributed by atoms with Gasteiger partial charge < -0.3 is 27.9 Å². The van der Waals surface area contributed by atoms with E-state index in [2.05, 4.69) is 160 Å². The van der Waals surface area contributed by atoms with E-state index in [4.69, 9.17) is 18.5 Å². The fourth-order valence-corrected chi connectivity index (χ4v) is 8.80. The quantitative estimate of drug-likeness (QED) is 0.0195. The summed E-state index contributed by atoms with van der Waals surface area (Å²) in [5.74, 6) is -0.879. The second kappa shape index (κ2) is 59.5. The number of esters is 2.